The molecule has 2 aliphatic heterocycles. The maximum Gasteiger partial charge on any atom is 0.0333 e. The van der Waals surface area contributed by atoms with Crippen LogP contribution in [0.25, 0.3) is 0 Å². The van der Waals surface area contributed by atoms with E-state index in [2.05, 4.69) is 43.1 Å². The van der Waals surface area contributed by atoms with Crippen LogP contribution in [0.15, 0.2) is 12.1 Å². The molecule has 0 radical (unpaired) electrons. The molecule has 2 saturated heterocycles. The number of hydrogen-bond acceptors (Lipinski definition) is 3. The van der Waals surface area contributed by atoms with Crippen molar-refractivity contribution < 1.29 is 0 Å². The molecule has 2 atom stereocenters. The zero-order valence-electron chi connectivity index (χ0n) is 11.0. The fourth-order valence-electron chi connectivity index (χ4n) is 3.53. The number of nitrogens with zero attached hydrogens (tertiary/aromatic N) is 1. The molecule has 1 aromatic rings. The summed E-state index contributed by atoms with van der Waals surface area (Å²) in [6, 6.07) is 4.54. The summed E-state index contributed by atoms with van der Waals surface area (Å²) < 4.78 is 0. The normalized spacial score (nSPS) is 31.9. The highest BCUT2D eigenvalue weighted by Gasteiger charge is 2.49. The van der Waals surface area contributed by atoms with Crippen molar-refractivity contribution in [2.75, 3.05) is 19.6 Å². The maximum atomic E-state index is 3.54. The lowest BCUT2D eigenvalue weighted by Gasteiger charge is -2.35. The molecule has 0 saturated carbocycles. The Hall–Kier alpha value is -0.380. The second-order valence-corrected chi connectivity index (χ2v) is 7.44. The number of aryl methyl sites for hydroxylation is 1. The Kier molecular flexibility index (Phi) is 2.80. The predicted octanol–water partition coefficient (Wildman–Crippen LogP) is 2.49. The lowest BCUT2D eigenvalue weighted by Crippen LogP contribution is -2.43. The number of likely N-dealkylation sites (tertiary alicyclic amines) is 1. The van der Waals surface area contributed by atoms with Crippen LogP contribution >= 0.6 is 11.3 Å². The third-order valence-electron chi connectivity index (χ3n) is 4.66. The molecule has 2 fully saturated rings. The van der Waals surface area contributed by atoms with Crippen molar-refractivity contribution in [3.05, 3.63) is 21.9 Å². The van der Waals surface area contributed by atoms with E-state index in [9.17, 15) is 0 Å². The molecule has 0 spiro atoms. The minimum Gasteiger partial charge on any atom is -0.316 e. The molecule has 1 N–H and O–H groups in total. The largest absolute Gasteiger partial charge is 0.316 e. The number of nitrogens with one attached hydrogen (secondary N) is 1. The van der Waals surface area contributed by atoms with Crippen LogP contribution in [0.5, 0.6) is 0 Å². The fourth-order valence-corrected chi connectivity index (χ4v) is 4.44. The molecule has 1 aromatic heterocycles. The summed E-state index contributed by atoms with van der Waals surface area (Å²) in [6.07, 6.45) is 0. The van der Waals surface area contributed by atoms with E-state index in [0.29, 0.717) is 5.54 Å². The Morgan fingerprint density at radius 3 is 2.88 bits per heavy atom. The highest BCUT2D eigenvalue weighted by atomic mass is 32.1. The van der Waals surface area contributed by atoms with E-state index >= 15 is 0 Å². The quantitative estimate of drug-likeness (QED) is 0.867. The maximum absolute atomic E-state index is 3.54. The van der Waals surface area contributed by atoms with E-state index < -0.39 is 0 Å². The van der Waals surface area contributed by atoms with E-state index in [1.54, 1.807) is 0 Å². The molecule has 0 aliphatic carbocycles. The van der Waals surface area contributed by atoms with E-state index in [1.165, 1.54) is 29.4 Å². The summed E-state index contributed by atoms with van der Waals surface area (Å²) in [5.41, 5.74) is 0.353. The molecule has 0 amide bonds. The standard InChI is InChI=1S/C14H22N2S/c1-10-4-5-12(17-10)9-16-8-11-6-15-7-13(11)14(16,2)3/h4-5,11,13,15H,6-9H2,1-3H3. The first kappa shape index (κ1) is 11.7. The Morgan fingerprint density at radius 2 is 2.24 bits per heavy atom. The van der Waals surface area contributed by atoms with Gasteiger partial charge in [-0.25, -0.2) is 0 Å². The van der Waals surface area contributed by atoms with Gasteiger partial charge in [0.25, 0.3) is 0 Å². The second-order valence-electron chi connectivity index (χ2n) is 6.07. The van der Waals surface area contributed by atoms with Gasteiger partial charge in [0.2, 0.25) is 0 Å². The predicted molar refractivity (Wildman–Crippen MR) is 73.4 cm³/mol. The molecule has 2 nitrogen and oxygen atoms in total. The average Bonchev–Trinajstić information content (AvgIpc) is 2.90. The van der Waals surface area contributed by atoms with Crippen LogP contribution in [0.2, 0.25) is 0 Å². The van der Waals surface area contributed by atoms with Crippen LogP contribution < -0.4 is 5.32 Å². The summed E-state index contributed by atoms with van der Waals surface area (Å²) in [5, 5.41) is 3.54. The van der Waals surface area contributed by atoms with Crippen LogP contribution in [0.1, 0.15) is 23.6 Å². The molecule has 3 rings (SSSR count). The van der Waals surface area contributed by atoms with Crippen molar-refractivity contribution in [2.24, 2.45) is 11.8 Å². The van der Waals surface area contributed by atoms with Crippen LogP contribution in [-0.2, 0) is 6.54 Å². The number of fused-ring (bicyclic) bond motifs is 1. The first-order valence-electron chi connectivity index (χ1n) is 6.58. The number of rotatable bonds is 2. The van der Waals surface area contributed by atoms with Crippen molar-refractivity contribution in [3.63, 3.8) is 0 Å². The fraction of sp³-hybridized carbons (Fsp3) is 0.714. The van der Waals surface area contributed by atoms with E-state index in [0.717, 1.165) is 18.4 Å². The molecular formula is C14H22N2S. The zero-order valence-corrected chi connectivity index (χ0v) is 11.8. The van der Waals surface area contributed by atoms with Gasteiger partial charge in [-0.2, -0.15) is 0 Å². The molecule has 94 valence electrons. The molecular weight excluding hydrogens is 228 g/mol. The highest BCUT2D eigenvalue weighted by molar-refractivity contribution is 7.11. The van der Waals surface area contributed by atoms with Gasteiger partial charge < -0.3 is 5.32 Å². The minimum atomic E-state index is 0.353. The summed E-state index contributed by atoms with van der Waals surface area (Å²) in [7, 11) is 0. The van der Waals surface area contributed by atoms with Crippen LogP contribution in [0, 0.1) is 18.8 Å². The molecule has 2 aliphatic rings. The van der Waals surface area contributed by atoms with Gasteiger partial charge in [-0.15, -0.1) is 11.3 Å². The van der Waals surface area contributed by atoms with Crippen molar-refractivity contribution in [1.29, 1.82) is 0 Å². The van der Waals surface area contributed by atoms with Crippen LogP contribution in [0.4, 0.5) is 0 Å². The highest BCUT2D eigenvalue weighted by Crippen LogP contribution is 2.41. The minimum absolute atomic E-state index is 0.353. The zero-order chi connectivity index (χ0) is 12.0. The lowest BCUT2D eigenvalue weighted by atomic mass is 9.85. The van der Waals surface area contributed by atoms with Crippen molar-refractivity contribution in [1.82, 2.24) is 10.2 Å². The smallest absolute Gasteiger partial charge is 0.0333 e. The first-order chi connectivity index (χ1) is 8.07. The van der Waals surface area contributed by atoms with Crippen LogP contribution in [0.3, 0.4) is 0 Å². The first-order valence-corrected chi connectivity index (χ1v) is 7.40. The third-order valence-corrected chi connectivity index (χ3v) is 5.65. The third kappa shape index (κ3) is 1.94. The van der Waals surface area contributed by atoms with Gasteiger partial charge in [-0.05, 0) is 51.3 Å². The molecule has 2 unspecified atom stereocenters. The summed E-state index contributed by atoms with van der Waals surface area (Å²) in [5.74, 6) is 1.70. The molecule has 3 heterocycles. The number of thiophene rings is 1. The summed E-state index contributed by atoms with van der Waals surface area (Å²) in [4.78, 5) is 5.64. The van der Waals surface area contributed by atoms with Gasteiger partial charge in [0.05, 0.1) is 0 Å². The van der Waals surface area contributed by atoms with E-state index in [-0.39, 0.29) is 0 Å². The average molecular weight is 250 g/mol. The van der Waals surface area contributed by atoms with Gasteiger partial charge in [0.15, 0.2) is 0 Å². The topological polar surface area (TPSA) is 15.3 Å². The van der Waals surface area contributed by atoms with E-state index in [4.69, 9.17) is 0 Å². The van der Waals surface area contributed by atoms with Gasteiger partial charge in [0, 0.05) is 34.9 Å². The monoisotopic (exact) mass is 250 g/mol. The molecule has 0 bridgehead atoms. The molecule has 0 aromatic carbocycles. The lowest BCUT2D eigenvalue weighted by molar-refractivity contribution is 0.133. The molecule has 17 heavy (non-hydrogen) atoms. The Balaban J connectivity index is 1.76. The Morgan fingerprint density at radius 1 is 1.41 bits per heavy atom. The Labute approximate surface area is 108 Å². The van der Waals surface area contributed by atoms with Gasteiger partial charge in [-0.1, -0.05) is 0 Å². The SMILES string of the molecule is Cc1ccc(CN2CC3CNCC3C2(C)C)s1. The van der Waals surface area contributed by atoms with Crippen LogP contribution in [-0.4, -0.2) is 30.1 Å². The summed E-state index contributed by atoms with van der Waals surface area (Å²) in [6.45, 7) is 11.9. The molecule has 3 heteroatoms. The van der Waals surface area contributed by atoms with Gasteiger partial charge in [0.1, 0.15) is 0 Å². The Bertz CT molecular complexity index is 410. The van der Waals surface area contributed by atoms with Gasteiger partial charge >= 0.3 is 0 Å². The van der Waals surface area contributed by atoms with Crippen molar-refractivity contribution >= 4 is 11.3 Å². The van der Waals surface area contributed by atoms with E-state index in [1.807, 2.05) is 11.3 Å². The van der Waals surface area contributed by atoms with Crippen molar-refractivity contribution in [3.8, 4) is 0 Å². The van der Waals surface area contributed by atoms with Crippen molar-refractivity contribution in [2.45, 2.75) is 32.9 Å². The number of hydrogen-bond donors (Lipinski definition) is 1. The van der Waals surface area contributed by atoms with Gasteiger partial charge in [-0.3, -0.25) is 4.90 Å². The second kappa shape index (κ2) is 4.08. The summed E-state index contributed by atoms with van der Waals surface area (Å²) >= 11 is 1.95.